The zero-order valence-electron chi connectivity index (χ0n) is 11.6. The van der Waals surface area contributed by atoms with Crippen LogP contribution in [-0.2, 0) is 0 Å². The molecule has 2 heteroatoms. The Morgan fingerprint density at radius 3 is 2.50 bits per heavy atom. The van der Waals surface area contributed by atoms with E-state index in [1.54, 1.807) is 0 Å². The van der Waals surface area contributed by atoms with Crippen LogP contribution < -0.4 is 5.32 Å². The van der Waals surface area contributed by atoms with Gasteiger partial charge in [-0.25, -0.2) is 0 Å². The van der Waals surface area contributed by atoms with Gasteiger partial charge < -0.3 is 5.32 Å². The minimum atomic E-state index is 0.321. The van der Waals surface area contributed by atoms with Gasteiger partial charge in [0.2, 0.25) is 0 Å². The highest BCUT2D eigenvalue weighted by Gasteiger charge is 2.10. The second-order valence-electron chi connectivity index (χ2n) is 4.89. The Morgan fingerprint density at radius 2 is 1.70 bits per heavy atom. The van der Waals surface area contributed by atoms with Crippen LogP contribution in [0.2, 0.25) is 0 Å². The van der Waals surface area contributed by atoms with Crippen LogP contribution >= 0.6 is 0 Å². The van der Waals surface area contributed by atoms with Crippen LogP contribution in [0.4, 0.5) is 5.69 Å². The van der Waals surface area contributed by atoms with E-state index >= 15 is 0 Å². The molecule has 20 heavy (non-hydrogen) atoms. The van der Waals surface area contributed by atoms with Gasteiger partial charge in [-0.15, -0.1) is 0 Å². The van der Waals surface area contributed by atoms with Gasteiger partial charge >= 0.3 is 0 Å². The third-order valence-corrected chi connectivity index (χ3v) is 3.59. The Kier molecular flexibility index (Phi) is 3.64. The molecule has 0 radical (unpaired) electrons. The summed E-state index contributed by atoms with van der Waals surface area (Å²) in [6, 6.07) is 21.2. The molecule has 0 fully saturated rings. The maximum atomic E-state index is 4.41. The van der Waals surface area contributed by atoms with Crippen LogP contribution in [0.25, 0.3) is 10.9 Å². The van der Waals surface area contributed by atoms with Gasteiger partial charge in [0.1, 0.15) is 0 Å². The van der Waals surface area contributed by atoms with E-state index in [0.717, 1.165) is 17.6 Å². The van der Waals surface area contributed by atoms with Gasteiger partial charge in [-0.05, 0) is 24.1 Å². The van der Waals surface area contributed by atoms with Gasteiger partial charge in [-0.2, -0.15) is 0 Å². The summed E-state index contributed by atoms with van der Waals surface area (Å²) in [5.41, 5.74) is 3.49. The molecule has 0 aliphatic carbocycles. The van der Waals surface area contributed by atoms with Crippen molar-refractivity contribution < 1.29 is 0 Å². The number of rotatable bonds is 4. The lowest BCUT2D eigenvalue weighted by Crippen LogP contribution is -2.09. The molecule has 3 aromatic rings. The van der Waals surface area contributed by atoms with Gasteiger partial charge in [0.25, 0.3) is 0 Å². The lowest BCUT2D eigenvalue weighted by atomic mass is 10.0. The van der Waals surface area contributed by atoms with Crippen molar-refractivity contribution in [2.75, 3.05) is 5.32 Å². The fraction of sp³-hybridized carbons (Fsp3) is 0.167. The molecule has 1 N–H and O–H groups in total. The normalized spacial score (nSPS) is 12.2. The molecular weight excluding hydrogens is 244 g/mol. The van der Waals surface area contributed by atoms with Crippen molar-refractivity contribution in [1.29, 1.82) is 0 Å². The number of fused-ring (bicyclic) bond motifs is 1. The summed E-state index contributed by atoms with van der Waals surface area (Å²) in [5.74, 6) is 0. The van der Waals surface area contributed by atoms with Crippen molar-refractivity contribution >= 4 is 16.6 Å². The van der Waals surface area contributed by atoms with Crippen molar-refractivity contribution in [3.8, 4) is 0 Å². The first-order valence-electron chi connectivity index (χ1n) is 7.03. The number of hydrogen-bond donors (Lipinski definition) is 1. The molecule has 0 bridgehead atoms. The van der Waals surface area contributed by atoms with E-state index in [1.165, 1.54) is 10.9 Å². The minimum absolute atomic E-state index is 0.321. The first-order chi connectivity index (χ1) is 9.88. The minimum Gasteiger partial charge on any atom is -0.378 e. The summed E-state index contributed by atoms with van der Waals surface area (Å²) >= 11 is 0. The smallest absolute Gasteiger partial charge is 0.0722 e. The van der Waals surface area contributed by atoms with Crippen molar-refractivity contribution in [2.45, 2.75) is 19.4 Å². The molecule has 0 saturated heterocycles. The van der Waals surface area contributed by atoms with Crippen molar-refractivity contribution in [3.63, 3.8) is 0 Å². The van der Waals surface area contributed by atoms with Crippen LogP contribution in [0.1, 0.15) is 24.9 Å². The molecule has 0 amide bonds. The number of para-hydroxylation sites is 1. The van der Waals surface area contributed by atoms with Crippen LogP contribution in [-0.4, -0.2) is 4.98 Å². The highest BCUT2D eigenvalue weighted by Crippen LogP contribution is 2.27. The highest BCUT2D eigenvalue weighted by atomic mass is 14.9. The Hall–Kier alpha value is -2.35. The van der Waals surface area contributed by atoms with Crippen LogP contribution in [0.5, 0.6) is 0 Å². The van der Waals surface area contributed by atoms with Crippen LogP contribution in [0.15, 0.2) is 66.9 Å². The molecule has 2 aromatic carbocycles. The Bertz CT molecular complexity index is 687. The second kappa shape index (κ2) is 5.74. The molecule has 2 nitrogen and oxygen atoms in total. The molecule has 100 valence electrons. The number of aromatic nitrogens is 1. The van der Waals surface area contributed by atoms with E-state index in [-0.39, 0.29) is 0 Å². The van der Waals surface area contributed by atoms with Crippen molar-refractivity contribution in [3.05, 3.63) is 72.4 Å². The standard InChI is InChI=1S/C18H18N2/c1-2-16(14-8-4-3-5-9-14)20-18-12-13-19-17-11-7-6-10-15(17)18/h3-13,16H,2H2,1H3,(H,19,20). The van der Waals surface area contributed by atoms with Gasteiger partial charge in [0, 0.05) is 17.3 Å². The molecule has 3 rings (SSSR count). The van der Waals surface area contributed by atoms with Crippen molar-refractivity contribution in [2.24, 2.45) is 0 Å². The van der Waals surface area contributed by atoms with E-state index in [9.17, 15) is 0 Å². The molecule has 0 spiro atoms. The zero-order valence-corrected chi connectivity index (χ0v) is 11.6. The van der Waals surface area contributed by atoms with Crippen LogP contribution in [0.3, 0.4) is 0 Å². The molecule has 0 aliphatic rings. The summed E-state index contributed by atoms with van der Waals surface area (Å²) in [4.78, 5) is 4.41. The first kappa shape index (κ1) is 12.7. The van der Waals surface area contributed by atoms with E-state index in [2.05, 4.69) is 59.7 Å². The quantitative estimate of drug-likeness (QED) is 0.730. The second-order valence-corrected chi connectivity index (χ2v) is 4.89. The first-order valence-corrected chi connectivity index (χ1v) is 7.03. The van der Waals surface area contributed by atoms with E-state index in [1.807, 2.05) is 24.4 Å². The number of hydrogen-bond acceptors (Lipinski definition) is 2. The van der Waals surface area contributed by atoms with Gasteiger partial charge in [0.05, 0.1) is 11.6 Å². The molecule has 1 atom stereocenters. The zero-order chi connectivity index (χ0) is 13.8. The van der Waals surface area contributed by atoms with Gasteiger partial charge in [-0.3, -0.25) is 4.98 Å². The Balaban J connectivity index is 1.96. The number of nitrogens with zero attached hydrogens (tertiary/aromatic N) is 1. The highest BCUT2D eigenvalue weighted by molar-refractivity contribution is 5.91. The molecular formula is C18H18N2. The predicted octanol–water partition coefficient (Wildman–Crippen LogP) is 4.80. The van der Waals surface area contributed by atoms with Crippen molar-refractivity contribution in [1.82, 2.24) is 4.98 Å². The van der Waals surface area contributed by atoms with Crippen LogP contribution in [0, 0.1) is 0 Å². The summed E-state index contributed by atoms with van der Waals surface area (Å²) < 4.78 is 0. The third kappa shape index (κ3) is 2.50. The number of benzene rings is 2. The van der Waals surface area contributed by atoms with E-state index in [4.69, 9.17) is 0 Å². The molecule has 0 saturated carbocycles. The number of anilines is 1. The summed E-state index contributed by atoms with van der Waals surface area (Å²) in [6.45, 7) is 2.20. The van der Waals surface area contributed by atoms with E-state index < -0.39 is 0 Å². The number of pyridine rings is 1. The third-order valence-electron chi connectivity index (χ3n) is 3.59. The number of nitrogens with one attached hydrogen (secondary N) is 1. The summed E-state index contributed by atoms with van der Waals surface area (Å²) in [6.07, 6.45) is 2.91. The topological polar surface area (TPSA) is 24.9 Å². The monoisotopic (exact) mass is 262 g/mol. The van der Waals surface area contributed by atoms with Gasteiger partial charge in [-0.1, -0.05) is 55.5 Å². The lowest BCUT2D eigenvalue weighted by molar-refractivity contribution is 0.750. The predicted molar refractivity (Wildman–Crippen MR) is 84.8 cm³/mol. The molecule has 0 aliphatic heterocycles. The average molecular weight is 262 g/mol. The lowest BCUT2D eigenvalue weighted by Gasteiger charge is -2.19. The largest absolute Gasteiger partial charge is 0.378 e. The maximum Gasteiger partial charge on any atom is 0.0722 e. The summed E-state index contributed by atoms with van der Waals surface area (Å²) in [5, 5.41) is 4.82. The fourth-order valence-corrected chi connectivity index (χ4v) is 2.52. The molecule has 1 unspecified atom stereocenters. The van der Waals surface area contributed by atoms with E-state index in [0.29, 0.717) is 6.04 Å². The summed E-state index contributed by atoms with van der Waals surface area (Å²) in [7, 11) is 0. The van der Waals surface area contributed by atoms with Gasteiger partial charge in [0.15, 0.2) is 0 Å². The maximum absolute atomic E-state index is 4.41. The Labute approximate surface area is 119 Å². The SMILES string of the molecule is CCC(Nc1ccnc2ccccc12)c1ccccc1. The fourth-order valence-electron chi connectivity index (χ4n) is 2.52. The Morgan fingerprint density at radius 1 is 0.950 bits per heavy atom. The molecule has 1 aromatic heterocycles. The average Bonchev–Trinajstić information content (AvgIpc) is 2.53. The molecule has 1 heterocycles.